The molecular weight excluding hydrogens is 388 g/mol. The van der Waals surface area contributed by atoms with Gasteiger partial charge in [0, 0.05) is 15.7 Å². The molecule has 2 rings (SSSR count). The van der Waals surface area contributed by atoms with Crippen LogP contribution in [0.4, 0.5) is 5.69 Å². The molecule has 0 saturated heterocycles. The SMILES string of the molecule is C[C@@H](OC(=O)CNC(=O)c1ccc(Br)cc1)C(=O)Nc1ccccc1. The van der Waals surface area contributed by atoms with Gasteiger partial charge in [-0.3, -0.25) is 14.4 Å². The predicted octanol–water partition coefficient (Wildman–Crippen LogP) is 2.75. The molecule has 0 fully saturated rings. The summed E-state index contributed by atoms with van der Waals surface area (Å²) >= 11 is 3.28. The second-order valence-corrected chi connectivity index (χ2v) is 6.09. The number of esters is 1. The van der Waals surface area contributed by atoms with E-state index in [-0.39, 0.29) is 6.54 Å². The van der Waals surface area contributed by atoms with Gasteiger partial charge < -0.3 is 15.4 Å². The number of hydrogen-bond donors (Lipinski definition) is 2. The molecule has 2 N–H and O–H groups in total. The van der Waals surface area contributed by atoms with Crippen molar-refractivity contribution in [3.63, 3.8) is 0 Å². The van der Waals surface area contributed by atoms with E-state index in [4.69, 9.17) is 4.74 Å². The summed E-state index contributed by atoms with van der Waals surface area (Å²) in [6.07, 6.45) is -0.975. The lowest BCUT2D eigenvalue weighted by atomic mass is 10.2. The number of ether oxygens (including phenoxy) is 1. The summed E-state index contributed by atoms with van der Waals surface area (Å²) in [6.45, 7) is 1.14. The third-order valence-corrected chi connectivity index (χ3v) is 3.75. The fourth-order valence-corrected chi connectivity index (χ4v) is 2.18. The fraction of sp³-hybridized carbons (Fsp3) is 0.167. The van der Waals surface area contributed by atoms with Gasteiger partial charge in [-0.15, -0.1) is 0 Å². The van der Waals surface area contributed by atoms with Crippen LogP contribution in [0.25, 0.3) is 0 Å². The molecule has 0 aromatic heterocycles. The van der Waals surface area contributed by atoms with Crippen LogP contribution in [-0.4, -0.2) is 30.4 Å². The summed E-state index contributed by atoms with van der Waals surface area (Å²) in [5, 5.41) is 5.09. The highest BCUT2D eigenvalue weighted by Crippen LogP contribution is 2.10. The first-order chi connectivity index (χ1) is 12.0. The molecule has 25 heavy (non-hydrogen) atoms. The van der Waals surface area contributed by atoms with Crippen LogP contribution in [0.5, 0.6) is 0 Å². The Kier molecular flexibility index (Phi) is 6.71. The van der Waals surface area contributed by atoms with E-state index < -0.39 is 23.9 Å². The number of para-hydroxylation sites is 1. The molecule has 1 atom stereocenters. The molecule has 0 aliphatic carbocycles. The Bertz CT molecular complexity index is 747. The maximum Gasteiger partial charge on any atom is 0.326 e. The van der Waals surface area contributed by atoms with E-state index in [0.29, 0.717) is 11.3 Å². The Hall–Kier alpha value is -2.67. The molecule has 0 radical (unpaired) electrons. The number of rotatable bonds is 6. The summed E-state index contributed by atoms with van der Waals surface area (Å²) in [5.41, 5.74) is 1.03. The van der Waals surface area contributed by atoms with Crippen molar-refractivity contribution in [1.82, 2.24) is 5.32 Å². The molecule has 0 aliphatic rings. The van der Waals surface area contributed by atoms with Crippen LogP contribution in [0.2, 0.25) is 0 Å². The fourth-order valence-electron chi connectivity index (χ4n) is 1.91. The number of carbonyl (C=O) groups excluding carboxylic acids is 3. The average molecular weight is 405 g/mol. The number of benzene rings is 2. The monoisotopic (exact) mass is 404 g/mol. The van der Waals surface area contributed by atoms with Crippen molar-refractivity contribution in [3.8, 4) is 0 Å². The first kappa shape index (κ1) is 18.7. The number of nitrogens with one attached hydrogen (secondary N) is 2. The molecule has 0 unspecified atom stereocenters. The van der Waals surface area contributed by atoms with Crippen LogP contribution in [0, 0.1) is 0 Å². The van der Waals surface area contributed by atoms with Crippen LogP contribution in [0.1, 0.15) is 17.3 Å². The zero-order chi connectivity index (χ0) is 18.2. The summed E-state index contributed by atoms with van der Waals surface area (Å²) in [6, 6.07) is 15.5. The van der Waals surface area contributed by atoms with Gasteiger partial charge in [-0.2, -0.15) is 0 Å². The third-order valence-electron chi connectivity index (χ3n) is 3.22. The lowest BCUT2D eigenvalue weighted by molar-refractivity contribution is -0.152. The van der Waals surface area contributed by atoms with E-state index in [1.807, 2.05) is 6.07 Å². The van der Waals surface area contributed by atoms with Gasteiger partial charge in [0.25, 0.3) is 11.8 Å². The van der Waals surface area contributed by atoms with Gasteiger partial charge in [0.1, 0.15) is 6.54 Å². The lowest BCUT2D eigenvalue weighted by Crippen LogP contribution is -2.35. The quantitative estimate of drug-likeness (QED) is 0.724. The maximum atomic E-state index is 12.0. The van der Waals surface area contributed by atoms with Gasteiger partial charge in [0.05, 0.1) is 0 Å². The zero-order valence-corrected chi connectivity index (χ0v) is 15.1. The summed E-state index contributed by atoms with van der Waals surface area (Å²) < 4.78 is 5.87. The lowest BCUT2D eigenvalue weighted by Gasteiger charge is -2.14. The minimum absolute atomic E-state index is 0.322. The second kappa shape index (κ2) is 8.98. The molecule has 2 amide bonds. The Labute approximate surface area is 153 Å². The second-order valence-electron chi connectivity index (χ2n) is 5.18. The van der Waals surface area contributed by atoms with Gasteiger partial charge in [0.15, 0.2) is 6.10 Å². The van der Waals surface area contributed by atoms with Gasteiger partial charge in [0.2, 0.25) is 0 Å². The molecule has 0 heterocycles. The molecular formula is C18H17BrN2O4. The highest BCUT2D eigenvalue weighted by Gasteiger charge is 2.18. The van der Waals surface area contributed by atoms with Crippen molar-refractivity contribution in [2.45, 2.75) is 13.0 Å². The van der Waals surface area contributed by atoms with Crippen LogP contribution in [-0.2, 0) is 14.3 Å². The van der Waals surface area contributed by atoms with Crippen molar-refractivity contribution >= 4 is 39.4 Å². The van der Waals surface area contributed by atoms with Crippen molar-refractivity contribution < 1.29 is 19.1 Å². The maximum absolute atomic E-state index is 12.0. The number of halogens is 1. The molecule has 130 valence electrons. The van der Waals surface area contributed by atoms with E-state index in [9.17, 15) is 14.4 Å². The Morgan fingerprint density at radius 3 is 2.32 bits per heavy atom. The molecule has 0 saturated carbocycles. The first-order valence-corrected chi connectivity index (χ1v) is 8.34. The zero-order valence-electron chi connectivity index (χ0n) is 13.5. The largest absolute Gasteiger partial charge is 0.451 e. The van der Waals surface area contributed by atoms with E-state index in [1.54, 1.807) is 48.5 Å². The minimum atomic E-state index is -0.975. The van der Waals surface area contributed by atoms with Crippen molar-refractivity contribution in [3.05, 3.63) is 64.6 Å². The molecule has 0 spiro atoms. The molecule has 0 bridgehead atoms. The van der Waals surface area contributed by atoms with Gasteiger partial charge in [-0.05, 0) is 43.3 Å². The van der Waals surface area contributed by atoms with E-state index in [2.05, 4.69) is 26.6 Å². The Morgan fingerprint density at radius 1 is 1.04 bits per heavy atom. The average Bonchev–Trinajstić information content (AvgIpc) is 2.61. The van der Waals surface area contributed by atoms with Crippen molar-refractivity contribution in [2.24, 2.45) is 0 Å². The number of carbonyl (C=O) groups is 3. The molecule has 6 nitrogen and oxygen atoms in total. The predicted molar refractivity (Wildman–Crippen MR) is 97.1 cm³/mol. The van der Waals surface area contributed by atoms with E-state index in [1.165, 1.54) is 6.92 Å². The third kappa shape index (κ3) is 6.04. The standard InChI is InChI=1S/C18H17BrN2O4/c1-12(17(23)21-15-5-3-2-4-6-15)25-16(22)11-20-18(24)13-7-9-14(19)10-8-13/h2-10,12H,11H2,1H3,(H,20,24)(H,21,23)/t12-/m1/s1. The molecule has 2 aromatic rings. The molecule has 7 heteroatoms. The Morgan fingerprint density at radius 2 is 1.68 bits per heavy atom. The number of amides is 2. The van der Waals surface area contributed by atoms with E-state index in [0.717, 1.165) is 4.47 Å². The van der Waals surface area contributed by atoms with Crippen molar-refractivity contribution in [2.75, 3.05) is 11.9 Å². The molecule has 2 aromatic carbocycles. The van der Waals surface area contributed by atoms with Gasteiger partial charge >= 0.3 is 5.97 Å². The smallest absolute Gasteiger partial charge is 0.326 e. The number of anilines is 1. The summed E-state index contributed by atoms with van der Waals surface area (Å²) in [7, 11) is 0. The highest BCUT2D eigenvalue weighted by molar-refractivity contribution is 9.10. The van der Waals surface area contributed by atoms with Crippen LogP contribution in [0.15, 0.2) is 59.1 Å². The Balaban J connectivity index is 1.78. The normalized spacial score (nSPS) is 11.3. The highest BCUT2D eigenvalue weighted by atomic mass is 79.9. The van der Waals surface area contributed by atoms with Gasteiger partial charge in [-0.1, -0.05) is 34.1 Å². The first-order valence-electron chi connectivity index (χ1n) is 7.55. The van der Waals surface area contributed by atoms with Gasteiger partial charge in [-0.25, -0.2) is 0 Å². The van der Waals surface area contributed by atoms with Crippen LogP contribution >= 0.6 is 15.9 Å². The number of hydrogen-bond acceptors (Lipinski definition) is 4. The molecule has 0 aliphatic heterocycles. The summed E-state index contributed by atoms with van der Waals surface area (Å²) in [4.78, 5) is 35.6. The summed E-state index contributed by atoms with van der Waals surface area (Å²) in [5.74, 6) is -1.54. The van der Waals surface area contributed by atoms with Crippen LogP contribution < -0.4 is 10.6 Å². The van der Waals surface area contributed by atoms with Crippen molar-refractivity contribution in [1.29, 1.82) is 0 Å². The van der Waals surface area contributed by atoms with E-state index >= 15 is 0 Å². The topological polar surface area (TPSA) is 84.5 Å². The minimum Gasteiger partial charge on any atom is -0.451 e. The van der Waals surface area contributed by atoms with Crippen LogP contribution in [0.3, 0.4) is 0 Å².